The van der Waals surface area contributed by atoms with Crippen LogP contribution in [0.2, 0.25) is 5.02 Å². The van der Waals surface area contributed by atoms with Crippen LogP contribution in [0.4, 0.5) is 0 Å². The lowest BCUT2D eigenvalue weighted by molar-refractivity contribution is -0.00711. The first-order valence-corrected chi connectivity index (χ1v) is 12.0. The topological polar surface area (TPSA) is 124 Å². The average molecular weight is 498 g/mol. The van der Waals surface area contributed by atoms with Gasteiger partial charge in [-0.2, -0.15) is 4.98 Å². The largest absolute Gasteiger partial charge is 0.450 e. The molecule has 1 fully saturated rings. The maximum atomic E-state index is 13.5. The number of aliphatic imine (C=N–C) groups is 1. The van der Waals surface area contributed by atoms with E-state index in [1.54, 1.807) is 23.9 Å². The highest BCUT2D eigenvalue weighted by Crippen LogP contribution is 2.37. The molecule has 0 radical (unpaired) electrons. The highest BCUT2D eigenvalue weighted by molar-refractivity contribution is 6.33. The third-order valence-corrected chi connectivity index (χ3v) is 6.80. The van der Waals surface area contributed by atoms with Gasteiger partial charge in [0.1, 0.15) is 16.7 Å². The van der Waals surface area contributed by atoms with Crippen molar-refractivity contribution in [1.82, 2.24) is 25.0 Å². The van der Waals surface area contributed by atoms with E-state index in [-0.39, 0.29) is 17.8 Å². The van der Waals surface area contributed by atoms with E-state index in [0.29, 0.717) is 70.2 Å². The molecule has 0 aliphatic carbocycles. The predicted octanol–water partition coefficient (Wildman–Crippen LogP) is 3.11. The van der Waals surface area contributed by atoms with Crippen LogP contribution >= 0.6 is 11.6 Å². The van der Waals surface area contributed by atoms with Crippen LogP contribution in [-0.2, 0) is 4.74 Å². The summed E-state index contributed by atoms with van der Waals surface area (Å²) in [6.45, 7) is 3.24. The first-order chi connectivity index (χ1) is 16.9. The van der Waals surface area contributed by atoms with Crippen molar-refractivity contribution in [2.45, 2.75) is 38.3 Å². The number of hydrazine groups is 1. The summed E-state index contributed by atoms with van der Waals surface area (Å²) in [5.41, 5.74) is 13.1. The molecule has 3 aromatic heterocycles. The van der Waals surface area contributed by atoms with Gasteiger partial charge < -0.3 is 19.9 Å². The van der Waals surface area contributed by atoms with Gasteiger partial charge in [0.15, 0.2) is 11.2 Å². The Balaban J connectivity index is 1.83. The summed E-state index contributed by atoms with van der Waals surface area (Å²) in [7, 11) is 3.54. The van der Waals surface area contributed by atoms with Gasteiger partial charge in [-0.3, -0.25) is 9.56 Å². The number of furan rings is 1. The van der Waals surface area contributed by atoms with Crippen molar-refractivity contribution in [2.75, 3.05) is 27.2 Å². The summed E-state index contributed by atoms with van der Waals surface area (Å²) in [6.07, 6.45) is 7.20. The SMILES string of the molecule is CC[C@H]1C[C@@H](n2c(=O)nc(C(C=NC)=CN)c3oc4cc(Cl)c(C5=CN(C)NC5)nc4c32)CCO1. The lowest BCUT2D eigenvalue weighted by atomic mass is 10.0. The Morgan fingerprint density at radius 1 is 1.43 bits per heavy atom. The lowest BCUT2D eigenvalue weighted by Crippen LogP contribution is -2.34. The van der Waals surface area contributed by atoms with Gasteiger partial charge in [-0.15, -0.1) is 0 Å². The minimum atomic E-state index is -0.388. The minimum Gasteiger partial charge on any atom is -0.450 e. The molecule has 2 atom stereocenters. The summed E-state index contributed by atoms with van der Waals surface area (Å²) in [5, 5.41) is 2.32. The number of ether oxygens (including phenoxy) is 1. The molecule has 184 valence electrons. The third-order valence-electron chi connectivity index (χ3n) is 6.52. The van der Waals surface area contributed by atoms with Crippen molar-refractivity contribution >= 4 is 51.2 Å². The summed E-state index contributed by atoms with van der Waals surface area (Å²) < 4.78 is 13.9. The molecule has 2 aliphatic heterocycles. The Hall–Kier alpha value is -3.21. The smallest absolute Gasteiger partial charge is 0.349 e. The first kappa shape index (κ1) is 23.5. The van der Waals surface area contributed by atoms with Crippen LogP contribution in [0.15, 0.2) is 32.7 Å². The maximum absolute atomic E-state index is 13.5. The van der Waals surface area contributed by atoms with Gasteiger partial charge in [0.05, 0.1) is 16.8 Å². The summed E-state index contributed by atoms with van der Waals surface area (Å²) in [4.78, 5) is 26.9. The second-order valence-electron chi connectivity index (χ2n) is 8.75. The summed E-state index contributed by atoms with van der Waals surface area (Å²) in [6, 6.07) is 1.64. The maximum Gasteiger partial charge on any atom is 0.349 e. The van der Waals surface area contributed by atoms with Gasteiger partial charge >= 0.3 is 5.69 Å². The molecular formula is C24H28ClN7O3. The number of nitrogens with one attached hydrogen (secondary N) is 1. The molecule has 0 bridgehead atoms. The van der Waals surface area contributed by atoms with E-state index in [0.717, 1.165) is 12.0 Å². The highest BCUT2D eigenvalue weighted by atomic mass is 35.5. The molecule has 0 unspecified atom stereocenters. The van der Waals surface area contributed by atoms with E-state index in [1.807, 2.05) is 18.3 Å². The number of halogens is 1. The van der Waals surface area contributed by atoms with Crippen LogP contribution < -0.4 is 16.8 Å². The van der Waals surface area contributed by atoms with Crippen LogP contribution in [0.25, 0.3) is 33.3 Å². The molecule has 0 saturated carbocycles. The second kappa shape index (κ2) is 9.44. The Kier molecular flexibility index (Phi) is 6.35. The lowest BCUT2D eigenvalue weighted by Gasteiger charge is -2.30. The van der Waals surface area contributed by atoms with Crippen LogP contribution in [0.1, 0.15) is 43.6 Å². The zero-order valence-corrected chi connectivity index (χ0v) is 20.7. The minimum absolute atomic E-state index is 0.0727. The molecule has 11 heteroatoms. The zero-order chi connectivity index (χ0) is 24.7. The van der Waals surface area contributed by atoms with Crippen molar-refractivity contribution in [2.24, 2.45) is 10.7 Å². The van der Waals surface area contributed by atoms with E-state index in [2.05, 4.69) is 22.3 Å². The fourth-order valence-corrected chi connectivity index (χ4v) is 5.07. The molecule has 3 aromatic rings. The zero-order valence-electron chi connectivity index (χ0n) is 19.9. The van der Waals surface area contributed by atoms with E-state index in [1.165, 1.54) is 6.20 Å². The Bertz CT molecular complexity index is 1440. The van der Waals surface area contributed by atoms with Gasteiger partial charge in [-0.25, -0.2) is 15.2 Å². The molecule has 10 nitrogen and oxygen atoms in total. The van der Waals surface area contributed by atoms with E-state index in [9.17, 15) is 4.79 Å². The molecule has 3 N–H and O–H groups in total. The van der Waals surface area contributed by atoms with Crippen molar-refractivity contribution in [3.63, 3.8) is 0 Å². The van der Waals surface area contributed by atoms with Crippen LogP contribution in [0, 0.1) is 0 Å². The Morgan fingerprint density at radius 3 is 2.94 bits per heavy atom. The normalized spacial score (nSPS) is 21.5. The fraction of sp³-hybridized carbons (Fsp3) is 0.417. The average Bonchev–Trinajstić information content (AvgIpc) is 3.44. The van der Waals surface area contributed by atoms with E-state index >= 15 is 0 Å². The van der Waals surface area contributed by atoms with Gasteiger partial charge in [0, 0.05) is 69.1 Å². The molecule has 5 rings (SSSR count). The van der Waals surface area contributed by atoms with Gasteiger partial charge in [-0.1, -0.05) is 18.5 Å². The molecule has 5 heterocycles. The van der Waals surface area contributed by atoms with Crippen LogP contribution in [0.5, 0.6) is 0 Å². The number of allylic oxidation sites excluding steroid dienone is 1. The standard InChI is InChI=1S/C24H28ClN7O3/c1-4-16-7-15(5-6-34-16)32-22-21-18(8-17(25)19(29-21)14-11-28-31(3)12-14)35-23(22)20(30-24(32)33)13(9-26)10-27-2/h8-10,12,15-16,28H,4-7,11,26H2,1-3H3/t15-,16-/m0/s1. The van der Waals surface area contributed by atoms with Crippen molar-refractivity contribution in [3.8, 4) is 0 Å². The molecular weight excluding hydrogens is 470 g/mol. The van der Waals surface area contributed by atoms with Gasteiger partial charge in [0.25, 0.3) is 0 Å². The van der Waals surface area contributed by atoms with Gasteiger partial charge in [0.2, 0.25) is 0 Å². The summed E-state index contributed by atoms with van der Waals surface area (Å²) >= 11 is 6.63. The first-order valence-electron chi connectivity index (χ1n) is 11.6. The quantitative estimate of drug-likeness (QED) is 0.515. The Morgan fingerprint density at radius 2 is 2.26 bits per heavy atom. The van der Waals surface area contributed by atoms with Crippen LogP contribution in [-0.4, -0.2) is 59.1 Å². The van der Waals surface area contributed by atoms with E-state index < -0.39 is 0 Å². The fourth-order valence-electron chi connectivity index (χ4n) is 4.81. The van der Waals surface area contributed by atoms with E-state index in [4.69, 9.17) is 31.5 Å². The number of rotatable bonds is 5. The Labute approximate surface area is 207 Å². The molecule has 2 aliphatic rings. The molecule has 0 aromatic carbocycles. The number of pyridine rings is 1. The number of nitrogens with zero attached hydrogens (tertiary/aromatic N) is 5. The van der Waals surface area contributed by atoms with Crippen molar-refractivity contribution < 1.29 is 9.15 Å². The molecule has 35 heavy (non-hydrogen) atoms. The number of hydrogen-bond acceptors (Lipinski definition) is 9. The van der Waals surface area contributed by atoms with Crippen molar-refractivity contribution in [1.29, 1.82) is 0 Å². The molecule has 0 spiro atoms. The number of nitrogens with two attached hydrogens (primary N) is 1. The number of hydrogen-bond donors (Lipinski definition) is 2. The molecule has 1 saturated heterocycles. The number of aromatic nitrogens is 3. The van der Waals surface area contributed by atoms with Gasteiger partial charge in [-0.05, 0) is 19.3 Å². The molecule has 0 amide bonds. The predicted molar refractivity (Wildman–Crippen MR) is 137 cm³/mol. The highest BCUT2D eigenvalue weighted by Gasteiger charge is 2.30. The monoisotopic (exact) mass is 497 g/mol. The number of fused-ring (bicyclic) bond motifs is 3. The third kappa shape index (κ3) is 4.11. The second-order valence-corrected chi connectivity index (χ2v) is 9.15. The van der Waals surface area contributed by atoms with Crippen molar-refractivity contribution in [3.05, 3.63) is 45.4 Å². The summed E-state index contributed by atoms with van der Waals surface area (Å²) in [5.74, 6) is 0. The van der Waals surface area contributed by atoms with Crippen LogP contribution in [0.3, 0.4) is 0 Å².